The van der Waals surface area contributed by atoms with Crippen LogP contribution < -0.4 is 5.73 Å². The molecule has 1 nitrogen and oxygen atoms in total. The summed E-state index contributed by atoms with van der Waals surface area (Å²) in [6.45, 7) is 0. The van der Waals surface area contributed by atoms with Crippen molar-refractivity contribution in [1.29, 1.82) is 0 Å². The number of nitrogens with two attached hydrogens (primary N) is 1. The molecule has 2 aromatic carbocycles. The van der Waals surface area contributed by atoms with Gasteiger partial charge >= 0.3 is 0 Å². The lowest BCUT2D eigenvalue weighted by Gasteiger charge is -2.13. The summed E-state index contributed by atoms with van der Waals surface area (Å²) in [6.07, 6.45) is 0.769. The monoisotopic (exact) mass is 309 g/mol. The van der Waals surface area contributed by atoms with E-state index in [2.05, 4.69) is 15.9 Å². The molecule has 2 N–H and O–H groups in total. The van der Waals surface area contributed by atoms with Crippen molar-refractivity contribution in [2.75, 3.05) is 0 Å². The fraction of sp³-hybridized carbons (Fsp3) is 0.143. The molecule has 3 heteroatoms. The van der Waals surface area contributed by atoms with Crippen LogP contribution in [-0.4, -0.2) is 0 Å². The summed E-state index contributed by atoms with van der Waals surface area (Å²) in [4.78, 5) is 0. The summed E-state index contributed by atoms with van der Waals surface area (Å²) >= 11 is 9.50. The van der Waals surface area contributed by atoms with Crippen LogP contribution in [0, 0.1) is 0 Å². The Labute approximate surface area is 115 Å². The van der Waals surface area contributed by atoms with Crippen LogP contribution in [0.3, 0.4) is 0 Å². The third-order valence-corrected chi connectivity index (χ3v) is 3.68. The largest absolute Gasteiger partial charge is 0.324 e. The van der Waals surface area contributed by atoms with Gasteiger partial charge < -0.3 is 5.73 Å². The van der Waals surface area contributed by atoms with Crippen molar-refractivity contribution in [3.63, 3.8) is 0 Å². The molecule has 0 aromatic heterocycles. The number of rotatable bonds is 3. The van der Waals surface area contributed by atoms with Crippen molar-refractivity contribution in [3.8, 4) is 0 Å². The molecule has 17 heavy (non-hydrogen) atoms. The first-order chi connectivity index (χ1) is 8.16. The first kappa shape index (κ1) is 12.6. The summed E-state index contributed by atoms with van der Waals surface area (Å²) in [5.74, 6) is 0. The fourth-order valence-corrected chi connectivity index (χ4v) is 2.36. The lowest BCUT2D eigenvalue weighted by Crippen LogP contribution is -2.13. The molecule has 1 atom stereocenters. The Kier molecular flexibility index (Phi) is 4.21. The van der Waals surface area contributed by atoms with Crippen LogP contribution in [0.2, 0.25) is 5.02 Å². The zero-order chi connectivity index (χ0) is 12.3. The normalized spacial score (nSPS) is 12.4. The highest BCUT2D eigenvalue weighted by molar-refractivity contribution is 9.10. The summed E-state index contributed by atoms with van der Waals surface area (Å²) < 4.78 is 1.05. The minimum Gasteiger partial charge on any atom is -0.324 e. The predicted octanol–water partition coefficient (Wildman–Crippen LogP) is 4.35. The van der Waals surface area contributed by atoms with Gasteiger partial charge in [-0.3, -0.25) is 0 Å². The van der Waals surface area contributed by atoms with Crippen molar-refractivity contribution in [2.24, 2.45) is 5.73 Å². The molecule has 0 fully saturated rings. The van der Waals surface area contributed by atoms with Gasteiger partial charge in [-0.15, -0.1) is 0 Å². The molecule has 2 aromatic rings. The van der Waals surface area contributed by atoms with Gasteiger partial charge in [-0.25, -0.2) is 0 Å². The molecule has 0 aliphatic carbocycles. The maximum Gasteiger partial charge on any atom is 0.0409 e. The average molecular weight is 311 g/mol. The standard InChI is InChI=1S/C14H13BrClN/c15-13-7-6-12(16)8-11(13)9-14(17)10-4-2-1-3-5-10/h1-8,14H,9,17H2. The smallest absolute Gasteiger partial charge is 0.0409 e. The third-order valence-electron chi connectivity index (χ3n) is 2.68. The van der Waals surface area contributed by atoms with E-state index in [9.17, 15) is 0 Å². The van der Waals surface area contributed by atoms with E-state index in [1.807, 2.05) is 48.5 Å². The predicted molar refractivity (Wildman–Crippen MR) is 76.2 cm³/mol. The third kappa shape index (κ3) is 3.32. The maximum atomic E-state index is 6.18. The zero-order valence-corrected chi connectivity index (χ0v) is 11.6. The second-order valence-corrected chi connectivity index (χ2v) is 5.25. The lowest BCUT2D eigenvalue weighted by atomic mass is 10.00. The Bertz CT molecular complexity index is 499. The van der Waals surface area contributed by atoms with Crippen molar-refractivity contribution < 1.29 is 0 Å². The molecule has 0 amide bonds. The van der Waals surface area contributed by atoms with Crippen molar-refractivity contribution in [3.05, 3.63) is 69.2 Å². The van der Waals surface area contributed by atoms with Gasteiger partial charge in [0.15, 0.2) is 0 Å². The van der Waals surface area contributed by atoms with E-state index in [1.165, 1.54) is 0 Å². The van der Waals surface area contributed by atoms with Crippen LogP contribution in [-0.2, 0) is 6.42 Å². The van der Waals surface area contributed by atoms with Crippen LogP contribution in [0.4, 0.5) is 0 Å². The Morgan fingerprint density at radius 3 is 2.53 bits per heavy atom. The van der Waals surface area contributed by atoms with Crippen LogP contribution in [0.15, 0.2) is 53.0 Å². The summed E-state index contributed by atoms with van der Waals surface area (Å²) in [5, 5.41) is 0.739. The average Bonchev–Trinajstić information content (AvgIpc) is 2.35. The summed E-state index contributed by atoms with van der Waals surface area (Å²) in [6, 6.07) is 15.8. The van der Waals surface area contributed by atoms with Gasteiger partial charge in [-0.05, 0) is 35.7 Å². The van der Waals surface area contributed by atoms with E-state index in [1.54, 1.807) is 0 Å². The minimum atomic E-state index is -0.00836. The van der Waals surface area contributed by atoms with E-state index in [0.29, 0.717) is 0 Å². The lowest BCUT2D eigenvalue weighted by molar-refractivity contribution is 0.720. The molecule has 0 spiro atoms. The summed E-state index contributed by atoms with van der Waals surface area (Å²) in [5.41, 5.74) is 8.45. The Morgan fingerprint density at radius 1 is 1.12 bits per heavy atom. The molecule has 0 saturated heterocycles. The van der Waals surface area contributed by atoms with Gasteiger partial charge in [0, 0.05) is 15.5 Å². The molecule has 0 aliphatic heterocycles. The van der Waals surface area contributed by atoms with Gasteiger partial charge in [0.1, 0.15) is 0 Å². The van der Waals surface area contributed by atoms with E-state index in [0.717, 1.165) is 27.0 Å². The van der Waals surface area contributed by atoms with Crippen LogP contribution in [0.25, 0.3) is 0 Å². The molecule has 0 heterocycles. The fourth-order valence-electron chi connectivity index (χ4n) is 1.75. The highest BCUT2D eigenvalue weighted by atomic mass is 79.9. The van der Waals surface area contributed by atoms with E-state index < -0.39 is 0 Å². The van der Waals surface area contributed by atoms with E-state index in [4.69, 9.17) is 17.3 Å². The van der Waals surface area contributed by atoms with Crippen LogP contribution >= 0.6 is 27.5 Å². The molecule has 0 saturated carbocycles. The number of hydrogen-bond acceptors (Lipinski definition) is 1. The van der Waals surface area contributed by atoms with Gasteiger partial charge in [-0.1, -0.05) is 57.9 Å². The number of hydrogen-bond donors (Lipinski definition) is 1. The van der Waals surface area contributed by atoms with Crippen molar-refractivity contribution in [2.45, 2.75) is 12.5 Å². The van der Waals surface area contributed by atoms with Crippen LogP contribution in [0.5, 0.6) is 0 Å². The van der Waals surface area contributed by atoms with Gasteiger partial charge in [0.2, 0.25) is 0 Å². The quantitative estimate of drug-likeness (QED) is 0.896. The Balaban J connectivity index is 2.18. The SMILES string of the molecule is NC(Cc1cc(Cl)ccc1Br)c1ccccc1. The zero-order valence-electron chi connectivity index (χ0n) is 9.24. The minimum absolute atomic E-state index is 0.00836. The van der Waals surface area contributed by atoms with Gasteiger partial charge in [0.05, 0.1) is 0 Å². The maximum absolute atomic E-state index is 6.18. The highest BCUT2D eigenvalue weighted by Crippen LogP contribution is 2.25. The highest BCUT2D eigenvalue weighted by Gasteiger charge is 2.09. The molecule has 88 valence electrons. The van der Waals surface area contributed by atoms with Crippen molar-refractivity contribution >= 4 is 27.5 Å². The second-order valence-electron chi connectivity index (χ2n) is 3.96. The summed E-state index contributed by atoms with van der Waals surface area (Å²) in [7, 11) is 0. The molecular weight excluding hydrogens is 298 g/mol. The first-order valence-electron chi connectivity index (χ1n) is 5.41. The van der Waals surface area contributed by atoms with E-state index >= 15 is 0 Å². The Morgan fingerprint density at radius 2 is 1.82 bits per heavy atom. The molecule has 0 aliphatic rings. The first-order valence-corrected chi connectivity index (χ1v) is 6.58. The van der Waals surface area contributed by atoms with Crippen molar-refractivity contribution in [1.82, 2.24) is 0 Å². The van der Waals surface area contributed by atoms with Gasteiger partial charge in [-0.2, -0.15) is 0 Å². The molecule has 1 unspecified atom stereocenters. The van der Waals surface area contributed by atoms with E-state index in [-0.39, 0.29) is 6.04 Å². The topological polar surface area (TPSA) is 26.0 Å². The van der Waals surface area contributed by atoms with Gasteiger partial charge in [0.25, 0.3) is 0 Å². The van der Waals surface area contributed by atoms with Crippen LogP contribution in [0.1, 0.15) is 17.2 Å². The number of benzene rings is 2. The second kappa shape index (κ2) is 5.67. The molecule has 0 radical (unpaired) electrons. The molecule has 0 bridgehead atoms. The molecular formula is C14H13BrClN. The Hall–Kier alpha value is -0.830. The number of halogens is 2. The molecule has 2 rings (SSSR count).